The Morgan fingerprint density at radius 1 is 0.759 bits per heavy atom. The molecule has 19 atom stereocenters. The Bertz CT molecular complexity index is 1440. The molecule has 0 amide bonds. The second kappa shape index (κ2) is 14.0. The molecule has 7 rings (SSSR count). The van der Waals surface area contributed by atoms with Gasteiger partial charge in [-0.3, -0.25) is 0 Å². The Balaban J connectivity index is 1.23. The van der Waals surface area contributed by atoms with E-state index in [1.54, 1.807) is 0 Å². The average Bonchev–Trinajstić information content (AvgIpc) is 3.40. The zero-order chi connectivity index (χ0) is 39.4. The first-order valence-electron chi connectivity index (χ1n) is 20.3. The van der Waals surface area contributed by atoms with Crippen molar-refractivity contribution in [1.82, 2.24) is 0 Å². The summed E-state index contributed by atoms with van der Waals surface area (Å²) in [7, 11) is 0. The summed E-state index contributed by atoms with van der Waals surface area (Å²) in [6.07, 6.45) is -3.32. The molecule has 0 aromatic carbocycles. The van der Waals surface area contributed by atoms with Crippen LogP contribution in [0.25, 0.3) is 0 Å². The van der Waals surface area contributed by atoms with E-state index in [-0.39, 0.29) is 46.0 Å². The lowest BCUT2D eigenvalue weighted by atomic mass is 9.33. The number of carbonyl (C=O) groups is 1. The Hall–Kier alpha value is -1.07. The molecule has 13 nitrogen and oxygen atoms in total. The fourth-order valence-corrected chi connectivity index (χ4v) is 13.4. The summed E-state index contributed by atoms with van der Waals surface area (Å²) < 4.78 is 24.5. The van der Waals surface area contributed by atoms with Crippen molar-refractivity contribution < 1.29 is 64.6 Å². The molecule has 0 aromatic heterocycles. The first-order valence-corrected chi connectivity index (χ1v) is 20.3. The minimum atomic E-state index is -1.60. The van der Waals surface area contributed by atoms with Gasteiger partial charge < -0.3 is 64.6 Å². The summed E-state index contributed by atoms with van der Waals surface area (Å²) in [6, 6.07) is 0. The van der Waals surface area contributed by atoms with E-state index in [2.05, 4.69) is 47.6 Å². The Kier molecular flexibility index (Phi) is 10.7. The minimum absolute atomic E-state index is 0.0203. The summed E-state index contributed by atoms with van der Waals surface area (Å²) in [4.78, 5) is 13.0. The molecule has 0 aromatic rings. The fourth-order valence-electron chi connectivity index (χ4n) is 13.4. The van der Waals surface area contributed by atoms with Crippen molar-refractivity contribution >= 4 is 6.29 Å². The van der Waals surface area contributed by atoms with Gasteiger partial charge in [0.05, 0.1) is 37.4 Å². The lowest BCUT2D eigenvalue weighted by molar-refractivity contribution is -0.336. The second-order valence-corrected chi connectivity index (χ2v) is 20.0. The lowest BCUT2D eigenvalue weighted by Crippen LogP contribution is -2.68. The zero-order valence-corrected chi connectivity index (χ0v) is 32.8. The normalized spacial score (nSPS) is 55.5. The van der Waals surface area contributed by atoms with Crippen LogP contribution in [0.15, 0.2) is 11.6 Å². The predicted octanol–water partition coefficient (Wildman–Crippen LogP) is 1.58. The SMILES string of the molecule is CC1(C)CC[C@]2(C=O)[C@H](C1)C1=CC[C@@H]3[C@@]4(C)CC[C@H](O[C@H]5O[C@@H](CO)[C@H](O)[C@@H](O)[C@@H]5O)[C@@](C)(CO[C@H]5O[C@H](CO)[C@@H](O)[C@@H]5O)[C@H]4CC[C@@]3(C)[C@]1(C)C[C@@H]2O. The summed E-state index contributed by atoms with van der Waals surface area (Å²) in [5.74, 6) is 0.137. The standard InChI is InChI=1S/C41H66O13/c1-36(2)13-14-41(19-44)22(15-36)21-7-8-26-37(3)11-10-28(54-35-33(50)31(48)29(46)23(17-42)53-35)38(4,20-51-34-32(49)30(47)24(18-43)52-34)25(37)9-12-39(26,5)40(21,6)16-27(41)45/h7,19,22-35,42-43,45-50H,8-18,20H2,1-6H3/t22-,23+,24-,25+,26-,27+,28+,29+,30-,31-,32+,33+,34+,35-,37+,38+,39-,40-,41+/m1/s1. The Morgan fingerprint density at radius 3 is 2.04 bits per heavy atom. The Morgan fingerprint density at radius 2 is 1.39 bits per heavy atom. The third kappa shape index (κ3) is 5.88. The molecule has 8 N–H and O–H groups in total. The number of aliphatic hydroxyl groups is 8. The van der Waals surface area contributed by atoms with E-state index in [4.69, 9.17) is 18.9 Å². The molecule has 54 heavy (non-hydrogen) atoms. The van der Waals surface area contributed by atoms with Crippen LogP contribution in [0.3, 0.4) is 0 Å². The van der Waals surface area contributed by atoms with Crippen LogP contribution in [-0.4, -0.2) is 134 Å². The fraction of sp³-hybridized carbons (Fsp3) is 0.927. The number of fused-ring (bicyclic) bond motifs is 7. The zero-order valence-electron chi connectivity index (χ0n) is 32.8. The molecule has 0 bridgehead atoms. The molecule has 6 fully saturated rings. The van der Waals surface area contributed by atoms with E-state index >= 15 is 0 Å². The molecule has 2 heterocycles. The van der Waals surface area contributed by atoms with Crippen molar-refractivity contribution in [1.29, 1.82) is 0 Å². The van der Waals surface area contributed by atoms with Crippen molar-refractivity contribution in [2.24, 2.45) is 50.2 Å². The van der Waals surface area contributed by atoms with Gasteiger partial charge >= 0.3 is 0 Å². The van der Waals surface area contributed by atoms with Crippen LogP contribution >= 0.6 is 0 Å². The number of ether oxygens (including phenoxy) is 4. The van der Waals surface area contributed by atoms with Crippen molar-refractivity contribution in [3.8, 4) is 0 Å². The molecular formula is C41H66O13. The van der Waals surface area contributed by atoms with Crippen LogP contribution in [0, 0.1) is 50.2 Å². The molecular weight excluding hydrogens is 700 g/mol. The van der Waals surface area contributed by atoms with Gasteiger partial charge in [-0.1, -0.05) is 53.2 Å². The molecule has 5 aliphatic carbocycles. The number of aldehydes is 1. The van der Waals surface area contributed by atoms with Gasteiger partial charge in [-0.25, -0.2) is 0 Å². The van der Waals surface area contributed by atoms with Crippen LogP contribution in [0.5, 0.6) is 0 Å². The van der Waals surface area contributed by atoms with E-state index in [9.17, 15) is 45.6 Å². The lowest BCUT2D eigenvalue weighted by Gasteiger charge is -2.72. The molecule has 4 saturated carbocycles. The average molecular weight is 767 g/mol. The molecule has 0 unspecified atom stereocenters. The second-order valence-electron chi connectivity index (χ2n) is 20.0. The molecule has 13 heteroatoms. The smallest absolute Gasteiger partial charge is 0.186 e. The van der Waals surface area contributed by atoms with Gasteiger partial charge in [-0.05, 0) is 97.2 Å². The van der Waals surface area contributed by atoms with E-state index in [1.165, 1.54) is 5.57 Å². The molecule has 308 valence electrons. The Labute approximate surface area is 319 Å². The van der Waals surface area contributed by atoms with Gasteiger partial charge in [-0.2, -0.15) is 0 Å². The molecule has 0 spiro atoms. The highest BCUT2D eigenvalue weighted by Crippen LogP contribution is 2.75. The molecule has 2 aliphatic heterocycles. The first kappa shape index (κ1) is 41.1. The van der Waals surface area contributed by atoms with Gasteiger partial charge in [0.2, 0.25) is 0 Å². The third-order valence-electron chi connectivity index (χ3n) is 16.9. The summed E-state index contributed by atoms with van der Waals surface area (Å²) in [6.45, 7) is 12.6. The van der Waals surface area contributed by atoms with Gasteiger partial charge in [0.1, 0.15) is 49.0 Å². The van der Waals surface area contributed by atoms with Gasteiger partial charge in [0.15, 0.2) is 12.6 Å². The number of hydrogen-bond donors (Lipinski definition) is 8. The number of hydrogen-bond acceptors (Lipinski definition) is 13. The van der Waals surface area contributed by atoms with Crippen molar-refractivity contribution in [3.63, 3.8) is 0 Å². The van der Waals surface area contributed by atoms with Crippen LogP contribution in [-0.2, 0) is 23.7 Å². The van der Waals surface area contributed by atoms with E-state index in [0.717, 1.165) is 44.8 Å². The van der Waals surface area contributed by atoms with Crippen LogP contribution in [0.2, 0.25) is 0 Å². The number of carbonyl (C=O) groups excluding carboxylic acids is 1. The molecule has 7 aliphatic rings. The topological polar surface area (TPSA) is 216 Å². The maximum absolute atomic E-state index is 13.0. The van der Waals surface area contributed by atoms with E-state index < -0.39 is 91.6 Å². The van der Waals surface area contributed by atoms with Gasteiger partial charge in [0.25, 0.3) is 0 Å². The van der Waals surface area contributed by atoms with Crippen LogP contribution < -0.4 is 0 Å². The highest BCUT2D eigenvalue weighted by atomic mass is 16.7. The first-order chi connectivity index (χ1) is 25.3. The summed E-state index contributed by atoms with van der Waals surface area (Å²) in [5.41, 5.74) is -1.00. The number of aliphatic hydroxyl groups excluding tert-OH is 8. The largest absolute Gasteiger partial charge is 0.394 e. The van der Waals surface area contributed by atoms with Gasteiger partial charge in [-0.15, -0.1) is 0 Å². The third-order valence-corrected chi connectivity index (χ3v) is 16.9. The van der Waals surface area contributed by atoms with E-state index in [1.807, 2.05) is 0 Å². The van der Waals surface area contributed by atoms with Crippen LogP contribution in [0.4, 0.5) is 0 Å². The maximum atomic E-state index is 13.0. The highest BCUT2D eigenvalue weighted by molar-refractivity contribution is 5.64. The van der Waals surface area contributed by atoms with Crippen molar-refractivity contribution in [2.75, 3.05) is 19.8 Å². The van der Waals surface area contributed by atoms with Crippen LogP contribution in [0.1, 0.15) is 99.3 Å². The van der Waals surface area contributed by atoms with Crippen molar-refractivity contribution in [2.45, 2.75) is 167 Å². The predicted molar refractivity (Wildman–Crippen MR) is 193 cm³/mol. The summed E-state index contributed by atoms with van der Waals surface area (Å²) in [5, 5.41) is 85.0. The minimum Gasteiger partial charge on any atom is -0.394 e. The van der Waals surface area contributed by atoms with Gasteiger partial charge in [0, 0.05) is 5.41 Å². The monoisotopic (exact) mass is 766 g/mol. The van der Waals surface area contributed by atoms with E-state index in [0.29, 0.717) is 19.3 Å². The summed E-state index contributed by atoms with van der Waals surface area (Å²) >= 11 is 0. The molecule has 2 saturated heterocycles. The maximum Gasteiger partial charge on any atom is 0.186 e. The van der Waals surface area contributed by atoms with Crippen molar-refractivity contribution in [3.05, 3.63) is 11.6 Å². The molecule has 0 radical (unpaired) electrons. The number of rotatable bonds is 8. The highest BCUT2D eigenvalue weighted by Gasteiger charge is 2.71. The quantitative estimate of drug-likeness (QED) is 0.100. The number of allylic oxidation sites excluding steroid dienone is 2.